The Morgan fingerprint density at radius 3 is 1.96 bits per heavy atom. The third-order valence-corrected chi connectivity index (χ3v) is 5.33. The summed E-state index contributed by atoms with van der Waals surface area (Å²) in [5.74, 6) is -0.00236. The van der Waals surface area contributed by atoms with Gasteiger partial charge in [0.2, 0.25) is 5.91 Å². The van der Waals surface area contributed by atoms with Crippen LogP contribution in [0.1, 0.15) is 21.9 Å². The standard InChI is InChI=1S/C22H21NOS/c1-16-10-9-11-17(2)20(16)23-22(24)21(18-12-5-3-6-13-18)25-19-14-7-4-8-15-19/h3-15,21H,1-2H3,(H,23,24). The first-order chi connectivity index (χ1) is 12.1. The third kappa shape index (κ3) is 4.31. The highest BCUT2D eigenvalue weighted by Gasteiger charge is 2.23. The van der Waals surface area contributed by atoms with Crippen molar-refractivity contribution in [3.8, 4) is 0 Å². The van der Waals surface area contributed by atoms with E-state index in [0.29, 0.717) is 0 Å². The van der Waals surface area contributed by atoms with Gasteiger partial charge in [-0.15, -0.1) is 11.8 Å². The number of thioether (sulfide) groups is 1. The lowest BCUT2D eigenvalue weighted by atomic mass is 10.1. The number of anilines is 1. The molecule has 0 aromatic heterocycles. The molecule has 126 valence electrons. The molecule has 1 unspecified atom stereocenters. The van der Waals surface area contributed by atoms with Crippen molar-refractivity contribution in [2.75, 3.05) is 5.32 Å². The Balaban J connectivity index is 1.90. The zero-order valence-corrected chi connectivity index (χ0v) is 15.2. The normalized spacial score (nSPS) is 11.8. The molecule has 3 heteroatoms. The average Bonchev–Trinajstić information content (AvgIpc) is 2.64. The fourth-order valence-corrected chi connectivity index (χ4v) is 3.78. The lowest BCUT2D eigenvalue weighted by molar-refractivity contribution is -0.115. The van der Waals surface area contributed by atoms with Crippen LogP contribution in [0.25, 0.3) is 0 Å². The van der Waals surface area contributed by atoms with Crippen LogP contribution in [-0.4, -0.2) is 5.91 Å². The summed E-state index contributed by atoms with van der Waals surface area (Å²) in [5.41, 5.74) is 4.05. The fraction of sp³-hybridized carbons (Fsp3) is 0.136. The molecule has 0 radical (unpaired) electrons. The second kappa shape index (κ2) is 8.04. The summed E-state index contributed by atoms with van der Waals surface area (Å²) in [4.78, 5) is 14.2. The van der Waals surface area contributed by atoms with Crippen molar-refractivity contribution in [2.24, 2.45) is 0 Å². The van der Waals surface area contributed by atoms with Crippen molar-refractivity contribution in [1.29, 1.82) is 0 Å². The number of hydrogen-bond acceptors (Lipinski definition) is 2. The van der Waals surface area contributed by atoms with Gasteiger partial charge in [-0.25, -0.2) is 0 Å². The molecule has 0 spiro atoms. The van der Waals surface area contributed by atoms with E-state index in [4.69, 9.17) is 0 Å². The largest absolute Gasteiger partial charge is 0.324 e. The molecule has 1 amide bonds. The molecular weight excluding hydrogens is 326 g/mol. The second-order valence-corrected chi connectivity index (χ2v) is 7.16. The fourth-order valence-electron chi connectivity index (χ4n) is 2.74. The molecule has 0 aliphatic carbocycles. The van der Waals surface area contributed by atoms with Crippen LogP contribution in [0, 0.1) is 13.8 Å². The molecule has 3 aromatic carbocycles. The first-order valence-electron chi connectivity index (χ1n) is 8.29. The summed E-state index contributed by atoms with van der Waals surface area (Å²) in [6, 6.07) is 26.0. The molecule has 0 aliphatic heterocycles. The molecule has 0 saturated heterocycles. The third-order valence-electron chi connectivity index (χ3n) is 4.07. The van der Waals surface area contributed by atoms with E-state index in [1.807, 2.05) is 92.7 Å². The van der Waals surface area contributed by atoms with Gasteiger partial charge < -0.3 is 5.32 Å². The number of nitrogens with one attached hydrogen (secondary N) is 1. The second-order valence-electron chi connectivity index (χ2n) is 5.98. The molecule has 25 heavy (non-hydrogen) atoms. The maximum absolute atomic E-state index is 13.1. The van der Waals surface area contributed by atoms with Crippen molar-refractivity contribution in [3.05, 3.63) is 95.6 Å². The van der Waals surface area contributed by atoms with Crippen LogP contribution in [-0.2, 0) is 4.79 Å². The minimum absolute atomic E-state index is 0.00236. The van der Waals surface area contributed by atoms with Gasteiger partial charge >= 0.3 is 0 Å². The highest BCUT2D eigenvalue weighted by atomic mass is 32.2. The maximum Gasteiger partial charge on any atom is 0.242 e. The van der Waals surface area contributed by atoms with Crippen molar-refractivity contribution < 1.29 is 4.79 Å². The summed E-state index contributed by atoms with van der Waals surface area (Å²) in [7, 11) is 0. The predicted octanol–water partition coefficient (Wildman–Crippen LogP) is 5.78. The molecular formula is C22H21NOS. The number of hydrogen-bond donors (Lipinski definition) is 1. The number of aryl methyl sites for hydroxylation is 2. The van der Waals surface area contributed by atoms with Gasteiger partial charge in [-0.2, -0.15) is 0 Å². The first kappa shape index (κ1) is 17.3. The lowest BCUT2D eigenvalue weighted by Gasteiger charge is -2.19. The van der Waals surface area contributed by atoms with E-state index in [1.165, 1.54) is 0 Å². The minimum atomic E-state index is -0.303. The zero-order chi connectivity index (χ0) is 17.6. The summed E-state index contributed by atoms with van der Waals surface area (Å²) >= 11 is 1.57. The SMILES string of the molecule is Cc1cccc(C)c1NC(=O)C(Sc1ccccc1)c1ccccc1. The maximum atomic E-state index is 13.1. The number of para-hydroxylation sites is 1. The highest BCUT2D eigenvalue weighted by Crippen LogP contribution is 2.36. The van der Waals surface area contributed by atoms with Gasteiger partial charge in [-0.1, -0.05) is 66.7 Å². The molecule has 0 heterocycles. The highest BCUT2D eigenvalue weighted by molar-refractivity contribution is 8.00. The molecule has 2 nitrogen and oxygen atoms in total. The summed E-state index contributed by atoms with van der Waals surface area (Å²) in [6.45, 7) is 4.04. The van der Waals surface area contributed by atoms with E-state index in [1.54, 1.807) is 11.8 Å². The average molecular weight is 347 g/mol. The number of benzene rings is 3. The van der Waals surface area contributed by atoms with Crippen LogP contribution in [0.4, 0.5) is 5.69 Å². The molecule has 0 fully saturated rings. The molecule has 0 aliphatic rings. The Morgan fingerprint density at radius 2 is 1.36 bits per heavy atom. The van der Waals surface area contributed by atoms with E-state index in [-0.39, 0.29) is 11.2 Å². The smallest absolute Gasteiger partial charge is 0.242 e. The minimum Gasteiger partial charge on any atom is -0.324 e. The molecule has 3 rings (SSSR count). The number of carbonyl (C=O) groups is 1. The molecule has 0 bridgehead atoms. The number of carbonyl (C=O) groups excluding carboxylic acids is 1. The van der Waals surface area contributed by atoms with Crippen molar-refractivity contribution in [2.45, 2.75) is 24.0 Å². The topological polar surface area (TPSA) is 29.1 Å². The van der Waals surface area contributed by atoms with Gasteiger partial charge in [0.25, 0.3) is 0 Å². The van der Waals surface area contributed by atoms with Gasteiger partial charge in [0, 0.05) is 10.6 Å². The molecule has 0 saturated carbocycles. The Hall–Kier alpha value is -2.52. The monoisotopic (exact) mass is 347 g/mol. The van der Waals surface area contributed by atoms with Gasteiger partial charge in [-0.3, -0.25) is 4.79 Å². The van der Waals surface area contributed by atoms with E-state index in [0.717, 1.165) is 27.3 Å². The molecule has 1 atom stereocenters. The summed E-state index contributed by atoms with van der Waals surface area (Å²) in [6.07, 6.45) is 0. The van der Waals surface area contributed by atoms with E-state index < -0.39 is 0 Å². The Kier molecular flexibility index (Phi) is 5.56. The van der Waals surface area contributed by atoms with Crippen LogP contribution in [0.2, 0.25) is 0 Å². The van der Waals surface area contributed by atoms with Crippen molar-refractivity contribution >= 4 is 23.4 Å². The summed E-state index contributed by atoms with van der Waals surface area (Å²) < 4.78 is 0. The Bertz CT molecular complexity index is 826. The van der Waals surface area contributed by atoms with Crippen LogP contribution >= 0.6 is 11.8 Å². The van der Waals surface area contributed by atoms with Crippen LogP contribution in [0.5, 0.6) is 0 Å². The van der Waals surface area contributed by atoms with Crippen LogP contribution in [0.15, 0.2) is 83.8 Å². The van der Waals surface area contributed by atoms with Crippen LogP contribution < -0.4 is 5.32 Å². The van der Waals surface area contributed by atoms with Crippen LogP contribution in [0.3, 0.4) is 0 Å². The quantitative estimate of drug-likeness (QED) is 0.593. The van der Waals surface area contributed by atoms with Crippen molar-refractivity contribution in [3.63, 3.8) is 0 Å². The van der Waals surface area contributed by atoms with E-state index in [9.17, 15) is 4.79 Å². The Labute approximate surface area is 153 Å². The zero-order valence-electron chi connectivity index (χ0n) is 14.4. The van der Waals surface area contributed by atoms with E-state index >= 15 is 0 Å². The number of rotatable bonds is 5. The van der Waals surface area contributed by atoms with Crippen molar-refractivity contribution in [1.82, 2.24) is 0 Å². The Morgan fingerprint density at radius 1 is 0.800 bits per heavy atom. The number of amides is 1. The van der Waals surface area contributed by atoms with Gasteiger partial charge in [-0.05, 0) is 42.7 Å². The first-order valence-corrected chi connectivity index (χ1v) is 9.17. The van der Waals surface area contributed by atoms with Gasteiger partial charge in [0.1, 0.15) is 5.25 Å². The van der Waals surface area contributed by atoms with Gasteiger partial charge in [0.15, 0.2) is 0 Å². The van der Waals surface area contributed by atoms with E-state index in [2.05, 4.69) is 5.32 Å². The van der Waals surface area contributed by atoms with Gasteiger partial charge in [0.05, 0.1) is 0 Å². The summed E-state index contributed by atoms with van der Waals surface area (Å²) in [5, 5.41) is 2.83. The molecule has 3 aromatic rings. The predicted molar refractivity (Wildman–Crippen MR) is 106 cm³/mol. The lowest BCUT2D eigenvalue weighted by Crippen LogP contribution is -2.20. The molecule has 1 N–H and O–H groups in total.